The Morgan fingerprint density at radius 2 is 0.627 bits per heavy atom. The van der Waals surface area contributed by atoms with Gasteiger partial charge in [-0.1, -0.05) is 334 Å². The number of carbonyl (C=O) groups is 2. The number of hydrogen-bond donors (Lipinski definition) is 3. The van der Waals surface area contributed by atoms with Gasteiger partial charge in [0.05, 0.1) is 25.4 Å². The fourth-order valence-electron chi connectivity index (χ4n) is 10.7. The monoisotopic (exact) mass is 1060 g/mol. The molecule has 3 N–H and O–H groups in total. The molecule has 0 aromatic carbocycles. The molecular weight excluding hydrogens is 923 g/mol. The topological polar surface area (TPSA) is 95.9 Å². The van der Waals surface area contributed by atoms with Gasteiger partial charge in [0, 0.05) is 12.8 Å². The number of hydrogen-bond acceptors (Lipinski definition) is 5. The van der Waals surface area contributed by atoms with E-state index in [4.69, 9.17) is 4.74 Å². The molecule has 0 aromatic rings. The lowest BCUT2D eigenvalue weighted by Crippen LogP contribution is -2.45. The highest BCUT2D eigenvalue weighted by atomic mass is 16.5. The molecule has 0 aromatic heterocycles. The van der Waals surface area contributed by atoms with Crippen molar-refractivity contribution in [1.82, 2.24) is 5.32 Å². The van der Waals surface area contributed by atoms with Crippen LogP contribution in [-0.4, -0.2) is 47.4 Å². The van der Waals surface area contributed by atoms with E-state index in [9.17, 15) is 19.8 Å². The van der Waals surface area contributed by atoms with Gasteiger partial charge in [0.1, 0.15) is 0 Å². The van der Waals surface area contributed by atoms with Gasteiger partial charge in [0.15, 0.2) is 0 Å². The number of esters is 1. The van der Waals surface area contributed by atoms with Gasteiger partial charge in [-0.3, -0.25) is 9.59 Å². The Hall–Kier alpha value is -1.66. The molecule has 0 fully saturated rings. The van der Waals surface area contributed by atoms with Gasteiger partial charge >= 0.3 is 5.97 Å². The molecular formula is C69H133NO5. The Kier molecular flexibility index (Phi) is 63.4. The second-order valence-corrected chi connectivity index (χ2v) is 23.5. The SMILES string of the molecule is CCCCCCCCCCC/C=C/C(O)C(CO)NC(=O)CCCCCCCCCCCCCC/C=C\CCCCCCCCCCCCCCOC(=O)CCCCCCCCCCCCCCCCCCCCC. The zero-order valence-electron chi connectivity index (χ0n) is 50.8. The van der Waals surface area contributed by atoms with Crippen LogP contribution in [0.4, 0.5) is 0 Å². The van der Waals surface area contributed by atoms with E-state index >= 15 is 0 Å². The Balaban J connectivity index is 3.34. The number of allylic oxidation sites excluding steroid dienone is 3. The molecule has 75 heavy (non-hydrogen) atoms. The quantitative estimate of drug-likeness (QED) is 0.0320. The summed E-state index contributed by atoms with van der Waals surface area (Å²) in [7, 11) is 0. The molecule has 2 atom stereocenters. The summed E-state index contributed by atoms with van der Waals surface area (Å²) in [5, 5.41) is 23.0. The molecule has 0 bridgehead atoms. The van der Waals surface area contributed by atoms with Crippen molar-refractivity contribution in [3.63, 3.8) is 0 Å². The molecule has 0 aliphatic heterocycles. The number of nitrogens with one attached hydrogen (secondary N) is 1. The third kappa shape index (κ3) is 61.4. The summed E-state index contributed by atoms with van der Waals surface area (Å²) >= 11 is 0. The molecule has 0 saturated heterocycles. The van der Waals surface area contributed by atoms with Crippen molar-refractivity contribution in [3.8, 4) is 0 Å². The maximum absolute atomic E-state index is 12.4. The molecule has 0 spiro atoms. The Morgan fingerprint density at radius 3 is 0.947 bits per heavy atom. The van der Waals surface area contributed by atoms with E-state index in [-0.39, 0.29) is 18.5 Å². The summed E-state index contributed by atoms with van der Waals surface area (Å²) in [6, 6.07) is -0.626. The molecule has 0 radical (unpaired) electrons. The minimum absolute atomic E-state index is 0.0207. The van der Waals surface area contributed by atoms with Crippen molar-refractivity contribution >= 4 is 11.9 Å². The van der Waals surface area contributed by atoms with Gasteiger partial charge in [-0.05, 0) is 57.8 Å². The Labute approximate surface area is 469 Å². The lowest BCUT2D eigenvalue weighted by molar-refractivity contribution is -0.143. The zero-order chi connectivity index (χ0) is 54.3. The third-order valence-corrected chi connectivity index (χ3v) is 16.0. The molecule has 0 rings (SSSR count). The summed E-state index contributed by atoms with van der Waals surface area (Å²) in [5.41, 5.74) is 0. The second kappa shape index (κ2) is 64.9. The molecule has 2 unspecified atom stereocenters. The number of ether oxygens (including phenoxy) is 1. The van der Waals surface area contributed by atoms with E-state index in [2.05, 4.69) is 31.3 Å². The van der Waals surface area contributed by atoms with Gasteiger partial charge in [-0.15, -0.1) is 0 Å². The van der Waals surface area contributed by atoms with E-state index in [1.807, 2.05) is 6.08 Å². The van der Waals surface area contributed by atoms with Gasteiger partial charge < -0.3 is 20.3 Å². The number of carbonyl (C=O) groups excluding carboxylic acids is 2. The van der Waals surface area contributed by atoms with Crippen molar-refractivity contribution in [2.45, 2.75) is 392 Å². The number of amides is 1. The molecule has 0 aliphatic carbocycles. The molecule has 444 valence electrons. The highest BCUT2D eigenvalue weighted by molar-refractivity contribution is 5.76. The van der Waals surface area contributed by atoms with Crippen molar-refractivity contribution < 1.29 is 24.5 Å². The maximum atomic E-state index is 12.4. The lowest BCUT2D eigenvalue weighted by Gasteiger charge is -2.20. The van der Waals surface area contributed by atoms with E-state index in [0.717, 1.165) is 38.5 Å². The van der Waals surface area contributed by atoms with Gasteiger partial charge in [-0.25, -0.2) is 0 Å². The van der Waals surface area contributed by atoms with Crippen LogP contribution in [0.3, 0.4) is 0 Å². The lowest BCUT2D eigenvalue weighted by atomic mass is 10.0. The van der Waals surface area contributed by atoms with E-state index < -0.39 is 12.1 Å². The van der Waals surface area contributed by atoms with E-state index in [1.54, 1.807) is 6.08 Å². The van der Waals surface area contributed by atoms with Crippen molar-refractivity contribution in [2.75, 3.05) is 13.2 Å². The van der Waals surface area contributed by atoms with Crippen LogP contribution in [0.2, 0.25) is 0 Å². The predicted octanol–water partition coefficient (Wildman–Crippen LogP) is 21.8. The van der Waals surface area contributed by atoms with Crippen LogP contribution >= 0.6 is 0 Å². The minimum Gasteiger partial charge on any atom is -0.466 e. The van der Waals surface area contributed by atoms with Crippen molar-refractivity contribution in [3.05, 3.63) is 24.3 Å². The molecule has 1 amide bonds. The van der Waals surface area contributed by atoms with Crippen LogP contribution in [0.15, 0.2) is 24.3 Å². The smallest absolute Gasteiger partial charge is 0.305 e. The fourth-order valence-corrected chi connectivity index (χ4v) is 10.7. The van der Waals surface area contributed by atoms with Gasteiger partial charge in [-0.2, -0.15) is 0 Å². The molecule has 6 heteroatoms. The first-order valence-electron chi connectivity index (χ1n) is 34.1. The van der Waals surface area contributed by atoms with E-state index in [0.29, 0.717) is 19.4 Å². The summed E-state index contributed by atoms with van der Waals surface area (Å²) in [4.78, 5) is 24.5. The van der Waals surface area contributed by atoms with Crippen LogP contribution in [0, 0.1) is 0 Å². The first-order chi connectivity index (χ1) is 37.0. The molecule has 0 saturated carbocycles. The molecule has 0 aliphatic rings. The standard InChI is InChI=1S/C69H133NO5/c1-3-5-7-9-11-13-15-16-17-18-29-33-36-39-43-47-51-55-59-63-69(74)75-64-60-56-52-48-44-40-37-34-31-28-26-24-22-20-19-21-23-25-27-30-32-35-38-42-46-50-54-58-62-68(73)70-66(65-71)67(72)61-57-53-49-45-41-14-12-10-8-6-4-2/h19-20,57,61,66-67,71-72H,3-18,21-56,58-60,62-65H2,1-2H3,(H,70,73)/b20-19-,61-57+. The first-order valence-corrected chi connectivity index (χ1v) is 34.1. The van der Waals surface area contributed by atoms with E-state index in [1.165, 1.54) is 315 Å². The third-order valence-electron chi connectivity index (χ3n) is 16.0. The Morgan fingerprint density at radius 1 is 0.360 bits per heavy atom. The fraction of sp³-hybridized carbons (Fsp3) is 0.913. The minimum atomic E-state index is -0.842. The van der Waals surface area contributed by atoms with Crippen molar-refractivity contribution in [2.24, 2.45) is 0 Å². The van der Waals surface area contributed by atoms with Crippen LogP contribution in [0.25, 0.3) is 0 Å². The van der Waals surface area contributed by atoms with Crippen LogP contribution in [0.5, 0.6) is 0 Å². The van der Waals surface area contributed by atoms with Crippen LogP contribution in [-0.2, 0) is 14.3 Å². The summed E-state index contributed by atoms with van der Waals surface area (Å²) in [5.74, 6) is -0.0470. The average Bonchev–Trinajstić information content (AvgIpc) is 3.41. The highest BCUT2D eigenvalue weighted by Crippen LogP contribution is 2.18. The van der Waals surface area contributed by atoms with Crippen LogP contribution < -0.4 is 5.32 Å². The highest BCUT2D eigenvalue weighted by Gasteiger charge is 2.18. The molecule has 6 nitrogen and oxygen atoms in total. The second-order valence-electron chi connectivity index (χ2n) is 23.5. The number of unbranched alkanes of at least 4 members (excludes halogenated alkanes) is 51. The van der Waals surface area contributed by atoms with Gasteiger partial charge in [0.2, 0.25) is 5.91 Å². The zero-order valence-corrected chi connectivity index (χ0v) is 50.8. The summed E-state index contributed by atoms with van der Waals surface area (Å²) in [6.45, 7) is 4.92. The van der Waals surface area contributed by atoms with Crippen LogP contribution in [0.1, 0.15) is 380 Å². The average molecular weight is 1060 g/mol. The summed E-state index contributed by atoms with van der Waals surface area (Å²) < 4.78 is 5.51. The molecule has 0 heterocycles. The normalized spacial score (nSPS) is 12.6. The number of aliphatic hydroxyl groups is 2. The summed E-state index contributed by atoms with van der Waals surface area (Å²) in [6.07, 6.45) is 81.2. The first kappa shape index (κ1) is 73.3. The number of rotatable bonds is 64. The number of aliphatic hydroxyl groups excluding tert-OH is 2. The largest absolute Gasteiger partial charge is 0.466 e. The predicted molar refractivity (Wildman–Crippen MR) is 329 cm³/mol. The van der Waals surface area contributed by atoms with Gasteiger partial charge in [0.25, 0.3) is 0 Å². The Bertz CT molecular complexity index is 1170. The van der Waals surface area contributed by atoms with Crippen molar-refractivity contribution in [1.29, 1.82) is 0 Å². The maximum Gasteiger partial charge on any atom is 0.305 e.